The number of nitrogens with one attached hydrogen (secondary N) is 1. The Labute approximate surface area is 120 Å². The molecule has 0 radical (unpaired) electrons. The van der Waals surface area contributed by atoms with Crippen LogP contribution < -0.4 is 15.8 Å². The third-order valence-corrected chi connectivity index (χ3v) is 3.93. The average molecular weight is 301 g/mol. The highest BCUT2D eigenvalue weighted by atomic mass is 35.5. The first-order valence-corrected chi connectivity index (χ1v) is 6.90. The van der Waals surface area contributed by atoms with Gasteiger partial charge in [-0.3, -0.25) is 0 Å². The molecule has 6 heteroatoms. The zero-order valence-corrected chi connectivity index (χ0v) is 11.9. The predicted octanol–water partition coefficient (Wildman–Crippen LogP) is 3.79. The minimum absolute atomic E-state index is 0.177. The molecule has 0 aliphatic heterocycles. The maximum Gasteiger partial charge on any atom is 0.167 e. The van der Waals surface area contributed by atoms with Gasteiger partial charge in [-0.05, 0) is 18.6 Å². The Morgan fingerprint density at radius 3 is 2.84 bits per heavy atom. The van der Waals surface area contributed by atoms with E-state index in [1.165, 1.54) is 18.1 Å². The number of halogens is 2. The van der Waals surface area contributed by atoms with E-state index >= 15 is 0 Å². The Morgan fingerprint density at radius 1 is 1.42 bits per heavy atom. The van der Waals surface area contributed by atoms with Crippen LogP contribution in [0.4, 0.5) is 15.8 Å². The predicted molar refractivity (Wildman–Crippen MR) is 78.9 cm³/mol. The van der Waals surface area contributed by atoms with Gasteiger partial charge in [0.1, 0.15) is 0 Å². The van der Waals surface area contributed by atoms with E-state index in [9.17, 15) is 4.39 Å². The SMILES string of the molecule is COc1cc(NCCc2ccc(Cl)s2)c(N)cc1F. The summed E-state index contributed by atoms with van der Waals surface area (Å²) in [5.41, 5.74) is 6.78. The van der Waals surface area contributed by atoms with Crippen LogP contribution in [-0.2, 0) is 6.42 Å². The molecule has 19 heavy (non-hydrogen) atoms. The zero-order chi connectivity index (χ0) is 13.8. The van der Waals surface area contributed by atoms with E-state index in [0.717, 1.165) is 10.8 Å². The quantitative estimate of drug-likeness (QED) is 0.826. The Hall–Kier alpha value is -1.46. The lowest BCUT2D eigenvalue weighted by molar-refractivity contribution is 0.387. The van der Waals surface area contributed by atoms with Crippen molar-refractivity contribution in [1.82, 2.24) is 0 Å². The van der Waals surface area contributed by atoms with E-state index in [2.05, 4.69) is 5.32 Å². The molecule has 0 unspecified atom stereocenters. The van der Waals surface area contributed by atoms with E-state index < -0.39 is 5.82 Å². The number of methoxy groups -OCH3 is 1. The van der Waals surface area contributed by atoms with Crippen LogP contribution in [0.3, 0.4) is 0 Å². The fourth-order valence-electron chi connectivity index (χ4n) is 1.68. The molecular formula is C13H14ClFN2OS. The highest BCUT2D eigenvalue weighted by Gasteiger charge is 2.08. The lowest BCUT2D eigenvalue weighted by Gasteiger charge is -2.11. The molecule has 0 saturated heterocycles. The van der Waals surface area contributed by atoms with Crippen LogP contribution in [0.5, 0.6) is 5.75 Å². The number of thiophene rings is 1. The lowest BCUT2D eigenvalue weighted by Crippen LogP contribution is -2.07. The fraction of sp³-hybridized carbons (Fsp3) is 0.231. The minimum atomic E-state index is -0.462. The summed E-state index contributed by atoms with van der Waals surface area (Å²) in [4.78, 5) is 1.19. The minimum Gasteiger partial charge on any atom is -0.494 e. The second-order valence-corrected chi connectivity index (χ2v) is 5.76. The van der Waals surface area contributed by atoms with E-state index in [0.29, 0.717) is 17.9 Å². The summed E-state index contributed by atoms with van der Waals surface area (Å²) in [5.74, 6) is -0.286. The van der Waals surface area contributed by atoms with Crippen molar-refractivity contribution >= 4 is 34.3 Å². The van der Waals surface area contributed by atoms with Crippen LogP contribution in [0, 0.1) is 5.82 Å². The molecule has 0 spiro atoms. The van der Waals surface area contributed by atoms with Gasteiger partial charge >= 0.3 is 0 Å². The molecule has 1 aromatic heterocycles. The summed E-state index contributed by atoms with van der Waals surface area (Å²) >= 11 is 7.41. The second kappa shape index (κ2) is 6.12. The highest BCUT2D eigenvalue weighted by Crippen LogP contribution is 2.28. The third-order valence-electron chi connectivity index (χ3n) is 2.64. The third kappa shape index (κ3) is 3.52. The number of ether oxygens (including phenoxy) is 1. The first-order chi connectivity index (χ1) is 9.10. The van der Waals surface area contributed by atoms with Gasteiger partial charge < -0.3 is 15.8 Å². The van der Waals surface area contributed by atoms with Crippen molar-refractivity contribution in [2.45, 2.75) is 6.42 Å². The second-order valence-electron chi connectivity index (χ2n) is 3.96. The molecule has 0 amide bonds. The molecule has 0 atom stereocenters. The average Bonchev–Trinajstić information content (AvgIpc) is 2.78. The Bertz CT molecular complexity index is 574. The summed E-state index contributed by atoms with van der Waals surface area (Å²) < 4.78 is 19.1. The van der Waals surface area contributed by atoms with Crippen molar-refractivity contribution in [2.24, 2.45) is 0 Å². The van der Waals surface area contributed by atoms with Crippen LogP contribution in [0.1, 0.15) is 4.88 Å². The maximum atomic E-state index is 13.4. The molecule has 102 valence electrons. The van der Waals surface area contributed by atoms with Gasteiger partial charge in [-0.25, -0.2) is 4.39 Å². The highest BCUT2D eigenvalue weighted by molar-refractivity contribution is 7.16. The van der Waals surface area contributed by atoms with E-state index in [-0.39, 0.29) is 5.75 Å². The van der Waals surface area contributed by atoms with Crippen LogP contribution in [-0.4, -0.2) is 13.7 Å². The first-order valence-electron chi connectivity index (χ1n) is 5.71. The molecule has 3 nitrogen and oxygen atoms in total. The number of nitrogens with two attached hydrogens (primary N) is 1. The van der Waals surface area contributed by atoms with Gasteiger partial charge in [0.05, 0.1) is 22.8 Å². The number of hydrogen-bond donors (Lipinski definition) is 2. The Balaban J connectivity index is 1.99. The monoisotopic (exact) mass is 300 g/mol. The molecule has 2 aromatic rings. The largest absolute Gasteiger partial charge is 0.494 e. The molecule has 2 rings (SSSR count). The summed E-state index contributed by atoms with van der Waals surface area (Å²) in [6.07, 6.45) is 0.830. The molecule has 0 aliphatic rings. The molecule has 0 fully saturated rings. The summed E-state index contributed by atoms with van der Waals surface area (Å²) in [7, 11) is 1.42. The summed E-state index contributed by atoms with van der Waals surface area (Å²) in [6, 6.07) is 6.68. The molecule has 0 bridgehead atoms. The topological polar surface area (TPSA) is 47.3 Å². The summed E-state index contributed by atoms with van der Waals surface area (Å²) in [6.45, 7) is 0.690. The normalized spacial score (nSPS) is 10.5. The van der Waals surface area contributed by atoms with Crippen molar-refractivity contribution in [3.8, 4) is 5.75 Å². The van der Waals surface area contributed by atoms with Gasteiger partial charge in [-0.15, -0.1) is 11.3 Å². The van der Waals surface area contributed by atoms with E-state index in [1.807, 2.05) is 12.1 Å². The number of anilines is 2. The van der Waals surface area contributed by atoms with Crippen molar-refractivity contribution in [3.05, 3.63) is 39.3 Å². The van der Waals surface area contributed by atoms with Gasteiger partial charge in [0, 0.05) is 23.6 Å². The molecular weight excluding hydrogens is 287 g/mol. The van der Waals surface area contributed by atoms with Crippen molar-refractivity contribution in [1.29, 1.82) is 0 Å². The van der Waals surface area contributed by atoms with Crippen LogP contribution in [0.25, 0.3) is 0 Å². The van der Waals surface area contributed by atoms with Gasteiger partial charge in [0.2, 0.25) is 0 Å². The smallest absolute Gasteiger partial charge is 0.167 e. The van der Waals surface area contributed by atoms with Gasteiger partial charge in [0.25, 0.3) is 0 Å². The Morgan fingerprint density at radius 2 is 2.21 bits per heavy atom. The van der Waals surface area contributed by atoms with Crippen LogP contribution >= 0.6 is 22.9 Å². The van der Waals surface area contributed by atoms with Crippen LogP contribution in [0.15, 0.2) is 24.3 Å². The standard InChI is InChI=1S/C13H14ClFN2OS/c1-18-12-7-11(10(16)6-9(12)15)17-5-4-8-2-3-13(14)19-8/h2-3,6-7,17H,4-5,16H2,1H3. The van der Waals surface area contributed by atoms with Crippen molar-refractivity contribution in [3.63, 3.8) is 0 Å². The molecule has 3 N–H and O–H groups in total. The molecule has 1 heterocycles. The zero-order valence-electron chi connectivity index (χ0n) is 10.4. The van der Waals surface area contributed by atoms with Gasteiger partial charge in [-0.1, -0.05) is 11.6 Å². The van der Waals surface area contributed by atoms with E-state index in [4.69, 9.17) is 22.1 Å². The lowest BCUT2D eigenvalue weighted by atomic mass is 10.2. The number of nitrogen functional groups attached to an aromatic ring is 1. The maximum absolute atomic E-state index is 13.4. The number of hydrogen-bond acceptors (Lipinski definition) is 4. The van der Waals surface area contributed by atoms with Crippen molar-refractivity contribution in [2.75, 3.05) is 24.7 Å². The summed E-state index contributed by atoms with van der Waals surface area (Å²) in [5, 5.41) is 3.16. The molecule has 0 saturated carbocycles. The molecule has 1 aromatic carbocycles. The van der Waals surface area contributed by atoms with E-state index in [1.54, 1.807) is 17.4 Å². The fourth-order valence-corrected chi connectivity index (χ4v) is 2.77. The van der Waals surface area contributed by atoms with Gasteiger partial charge in [0.15, 0.2) is 11.6 Å². The van der Waals surface area contributed by atoms with Crippen LogP contribution in [0.2, 0.25) is 4.34 Å². The first kappa shape index (κ1) is 14.0. The van der Waals surface area contributed by atoms with Crippen molar-refractivity contribution < 1.29 is 9.13 Å². The number of rotatable bonds is 5. The Kier molecular flexibility index (Phi) is 4.50. The molecule has 0 aliphatic carbocycles. The number of benzene rings is 1. The van der Waals surface area contributed by atoms with Gasteiger partial charge in [-0.2, -0.15) is 0 Å².